The molecule has 1 aromatic carbocycles. The molecule has 0 aromatic heterocycles. The van der Waals surface area contributed by atoms with Crippen molar-refractivity contribution in [2.45, 2.75) is 52.0 Å². The van der Waals surface area contributed by atoms with Gasteiger partial charge in [0.05, 0.1) is 6.54 Å². The van der Waals surface area contributed by atoms with Crippen molar-refractivity contribution in [1.29, 1.82) is 0 Å². The molecule has 3 fully saturated rings. The Bertz CT molecular complexity index is 660. The number of aliphatic hydroxyl groups excluding tert-OH is 1. The highest BCUT2D eigenvalue weighted by Crippen LogP contribution is 2.47. The number of guanidine groups is 1. The van der Waals surface area contributed by atoms with E-state index in [2.05, 4.69) is 46.3 Å². The quantitative estimate of drug-likeness (QED) is 0.604. The molecule has 28 heavy (non-hydrogen) atoms. The number of hydrogen-bond acceptors (Lipinski definition) is 3. The lowest BCUT2D eigenvalue weighted by Gasteiger charge is -2.38. The molecule has 0 bridgehead atoms. The van der Waals surface area contributed by atoms with Crippen LogP contribution in [-0.4, -0.2) is 55.3 Å². The van der Waals surface area contributed by atoms with Crippen molar-refractivity contribution in [3.8, 4) is 0 Å². The second-order valence-electron chi connectivity index (χ2n) is 8.97. The molecular weight excluding hydrogens is 348 g/mol. The molecule has 1 aliphatic carbocycles. The summed E-state index contributed by atoms with van der Waals surface area (Å²) in [5.41, 5.74) is 3.16. The zero-order chi connectivity index (χ0) is 19.4. The van der Waals surface area contributed by atoms with Crippen molar-refractivity contribution in [1.82, 2.24) is 10.2 Å². The van der Waals surface area contributed by atoms with E-state index in [9.17, 15) is 5.11 Å². The Morgan fingerprint density at radius 2 is 1.89 bits per heavy atom. The highest BCUT2D eigenvalue weighted by atomic mass is 16.3. The van der Waals surface area contributed by atoms with E-state index in [1.54, 1.807) is 0 Å². The van der Waals surface area contributed by atoms with Crippen molar-refractivity contribution in [3.63, 3.8) is 0 Å². The van der Waals surface area contributed by atoms with Crippen LogP contribution in [0.5, 0.6) is 0 Å². The Kier molecular flexibility index (Phi) is 6.10. The lowest BCUT2D eigenvalue weighted by atomic mass is 9.68. The van der Waals surface area contributed by atoms with Gasteiger partial charge in [-0.25, -0.2) is 4.99 Å². The molecule has 2 N–H and O–H groups in total. The molecule has 2 saturated heterocycles. The van der Waals surface area contributed by atoms with Gasteiger partial charge < -0.3 is 20.2 Å². The third-order valence-corrected chi connectivity index (χ3v) is 7.07. The fourth-order valence-corrected chi connectivity index (χ4v) is 4.98. The smallest absolute Gasteiger partial charge is 0.194 e. The molecule has 1 spiro atoms. The Hall–Kier alpha value is -1.75. The first-order valence-corrected chi connectivity index (χ1v) is 11.2. The summed E-state index contributed by atoms with van der Waals surface area (Å²) in [4.78, 5) is 9.85. The highest BCUT2D eigenvalue weighted by Gasteiger charge is 2.43. The van der Waals surface area contributed by atoms with Crippen molar-refractivity contribution < 1.29 is 5.11 Å². The highest BCUT2D eigenvalue weighted by molar-refractivity contribution is 5.80. The second-order valence-corrected chi connectivity index (χ2v) is 8.97. The SMILES string of the molecule is CCNC(=NCc1ccc(N2CCC(CO)CC2)cc1)N1CCC2(CCC2)C1. The largest absolute Gasteiger partial charge is 0.396 e. The van der Waals surface area contributed by atoms with Gasteiger partial charge in [-0.2, -0.15) is 0 Å². The summed E-state index contributed by atoms with van der Waals surface area (Å²) in [6.45, 7) is 8.56. The van der Waals surface area contributed by atoms with Crippen LogP contribution in [0, 0.1) is 11.3 Å². The number of aliphatic hydroxyl groups is 1. The van der Waals surface area contributed by atoms with Crippen LogP contribution in [0.2, 0.25) is 0 Å². The summed E-state index contributed by atoms with van der Waals surface area (Å²) in [5, 5.41) is 12.8. The van der Waals surface area contributed by atoms with Crippen LogP contribution in [0.4, 0.5) is 5.69 Å². The average molecular weight is 385 g/mol. The summed E-state index contributed by atoms with van der Waals surface area (Å²) < 4.78 is 0. The number of hydrogen-bond donors (Lipinski definition) is 2. The van der Waals surface area contributed by atoms with Crippen molar-refractivity contribution in [2.75, 3.05) is 44.2 Å². The molecule has 1 aromatic rings. The predicted octanol–water partition coefficient (Wildman–Crippen LogP) is 3.24. The first-order valence-electron chi connectivity index (χ1n) is 11.2. The molecule has 0 atom stereocenters. The van der Waals surface area contributed by atoms with E-state index in [0.29, 0.717) is 17.9 Å². The average Bonchev–Trinajstić information content (AvgIpc) is 3.18. The molecule has 0 radical (unpaired) electrons. The van der Waals surface area contributed by atoms with Crippen LogP contribution in [0.1, 0.15) is 51.0 Å². The van der Waals surface area contributed by atoms with E-state index in [1.807, 2.05) is 0 Å². The summed E-state index contributed by atoms with van der Waals surface area (Å²) in [6, 6.07) is 8.91. The summed E-state index contributed by atoms with van der Waals surface area (Å²) in [6.07, 6.45) is 7.72. The minimum atomic E-state index is 0.330. The zero-order valence-corrected chi connectivity index (χ0v) is 17.4. The number of rotatable bonds is 5. The number of nitrogens with zero attached hydrogens (tertiary/aromatic N) is 3. The van der Waals surface area contributed by atoms with Crippen LogP contribution in [0.15, 0.2) is 29.3 Å². The summed E-state index contributed by atoms with van der Waals surface area (Å²) >= 11 is 0. The topological polar surface area (TPSA) is 51.1 Å². The van der Waals surface area contributed by atoms with Gasteiger partial charge >= 0.3 is 0 Å². The van der Waals surface area contributed by atoms with Gasteiger partial charge in [0.15, 0.2) is 5.96 Å². The van der Waals surface area contributed by atoms with Gasteiger partial charge in [0.2, 0.25) is 0 Å². The van der Waals surface area contributed by atoms with Gasteiger partial charge in [-0.15, -0.1) is 0 Å². The van der Waals surface area contributed by atoms with Crippen LogP contribution in [-0.2, 0) is 6.54 Å². The van der Waals surface area contributed by atoms with Crippen molar-refractivity contribution in [2.24, 2.45) is 16.3 Å². The Morgan fingerprint density at radius 3 is 2.46 bits per heavy atom. The summed E-state index contributed by atoms with van der Waals surface area (Å²) in [7, 11) is 0. The van der Waals surface area contributed by atoms with Gasteiger partial charge in [0, 0.05) is 45.0 Å². The minimum Gasteiger partial charge on any atom is -0.396 e. The standard InChI is InChI=1S/C23H36N4O/c1-2-24-22(27-15-12-23(18-27)10-3-11-23)25-16-19-4-6-21(7-5-19)26-13-8-20(17-28)9-14-26/h4-7,20,28H,2-3,8-18H2,1H3,(H,24,25). The number of aliphatic imine (C=N–C) groups is 1. The van der Waals surface area contributed by atoms with E-state index in [4.69, 9.17) is 4.99 Å². The maximum atomic E-state index is 9.31. The fourth-order valence-electron chi connectivity index (χ4n) is 4.98. The number of likely N-dealkylation sites (tertiary alicyclic amines) is 1. The van der Waals surface area contributed by atoms with Gasteiger partial charge in [-0.1, -0.05) is 18.6 Å². The molecule has 4 rings (SSSR count). The van der Waals surface area contributed by atoms with Gasteiger partial charge in [-0.05, 0) is 68.1 Å². The first-order chi connectivity index (χ1) is 13.7. The molecule has 5 heteroatoms. The van der Waals surface area contributed by atoms with E-state index >= 15 is 0 Å². The fraction of sp³-hybridized carbons (Fsp3) is 0.696. The van der Waals surface area contributed by atoms with E-state index in [0.717, 1.165) is 51.5 Å². The normalized spacial score (nSPS) is 22.6. The molecule has 5 nitrogen and oxygen atoms in total. The minimum absolute atomic E-state index is 0.330. The van der Waals surface area contributed by atoms with Crippen LogP contribution in [0.3, 0.4) is 0 Å². The molecule has 3 aliphatic rings. The number of piperidine rings is 1. The predicted molar refractivity (Wildman–Crippen MR) is 116 cm³/mol. The summed E-state index contributed by atoms with van der Waals surface area (Å²) in [5.74, 6) is 1.57. The second kappa shape index (κ2) is 8.73. The van der Waals surface area contributed by atoms with Gasteiger partial charge in [0.1, 0.15) is 0 Å². The van der Waals surface area contributed by atoms with E-state index in [1.165, 1.54) is 43.5 Å². The maximum absolute atomic E-state index is 9.31. The molecular formula is C23H36N4O. The Balaban J connectivity index is 1.35. The molecule has 2 heterocycles. The zero-order valence-electron chi connectivity index (χ0n) is 17.4. The van der Waals surface area contributed by atoms with E-state index < -0.39 is 0 Å². The van der Waals surface area contributed by atoms with Crippen LogP contribution < -0.4 is 10.2 Å². The lowest BCUT2D eigenvalue weighted by Crippen LogP contribution is -2.42. The monoisotopic (exact) mass is 384 g/mol. The van der Waals surface area contributed by atoms with Crippen LogP contribution >= 0.6 is 0 Å². The molecule has 0 amide bonds. The lowest BCUT2D eigenvalue weighted by molar-refractivity contribution is 0.151. The molecule has 0 unspecified atom stereocenters. The Labute approximate surface area is 169 Å². The number of anilines is 1. The van der Waals surface area contributed by atoms with Gasteiger partial charge in [0.25, 0.3) is 0 Å². The number of nitrogens with one attached hydrogen (secondary N) is 1. The number of benzene rings is 1. The third kappa shape index (κ3) is 4.29. The van der Waals surface area contributed by atoms with Crippen molar-refractivity contribution in [3.05, 3.63) is 29.8 Å². The molecule has 154 valence electrons. The maximum Gasteiger partial charge on any atom is 0.194 e. The van der Waals surface area contributed by atoms with Crippen molar-refractivity contribution >= 4 is 11.6 Å². The van der Waals surface area contributed by atoms with E-state index in [-0.39, 0.29) is 0 Å². The first kappa shape index (κ1) is 19.6. The molecule has 2 aliphatic heterocycles. The third-order valence-electron chi connectivity index (χ3n) is 7.07. The van der Waals surface area contributed by atoms with Crippen LogP contribution in [0.25, 0.3) is 0 Å². The van der Waals surface area contributed by atoms with Gasteiger partial charge in [-0.3, -0.25) is 0 Å². The molecule has 1 saturated carbocycles. The Morgan fingerprint density at radius 1 is 1.14 bits per heavy atom.